The number of rotatable bonds is 6. The molecule has 168 valence electrons. The van der Waals surface area contributed by atoms with Gasteiger partial charge in [0.2, 0.25) is 5.91 Å². The number of nitrogens with one attached hydrogen (secondary N) is 1. The molecule has 0 radical (unpaired) electrons. The lowest BCUT2D eigenvalue weighted by atomic mass is 9.90. The molecule has 0 aliphatic heterocycles. The first-order chi connectivity index (χ1) is 16.6. The van der Waals surface area contributed by atoms with Gasteiger partial charge in [0, 0.05) is 18.0 Å². The van der Waals surface area contributed by atoms with Crippen molar-refractivity contribution in [3.63, 3.8) is 0 Å². The fourth-order valence-electron chi connectivity index (χ4n) is 4.25. The number of hydrogen-bond acceptors (Lipinski definition) is 3. The topological polar surface area (TPSA) is 55.6 Å². The average molecular weight is 448 g/mol. The largest absolute Gasteiger partial charge is 0.495 e. The van der Waals surface area contributed by atoms with Crippen molar-refractivity contribution in [2.75, 3.05) is 12.4 Å². The third kappa shape index (κ3) is 4.16. The lowest BCUT2D eigenvalue weighted by molar-refractivity contribution is -0.116. The number of benzene rings is 3. The molecule has 0 saturated carbocycles. The summed E-state index contributed by atoms with van der Waals surface area (Å²) in [5.41, 5.74) is 6.20. The van der Waals surface area contributed by atoms with Crippen LogP contribution in [0, 0.1) is 6.92 Å². The SMILES string of the molecule is COc1ccc(-c2cn3cccc(C)c3n2)cc1NC(=O)C(c1ccccc1)c1ccccc1. The zero-order valence-corrected chi connectivity index (χ0v) is 19.1. The normalized spacial score (nSPS) is 11.0. The van der Waals surface area contributed by atoms with E-state index in [9.17, 15) is 4.79 Å². The number of carbonyl (C=O) groups excluding carboxylic acids is 1. The van der Waals surface area contributed by atoms with E-state index in [1.165, 1.54) is 0 Å². The van der Waals surface area contributed by atoms with Crippen LogP contribution >= 0.6 is 0 Å². The van der Waals surface area contributed by atoms with Crippen molar-refractivity contribution in [2.45, 2.75) is 12.8 Å². The Hall–Kier alpha value is -4.38. The van der Waals surface area contributed by atoms with Crippen LogP contribution in [0.15, 0.2) is 103 Å². The standard InChI is InChI=1S/C29H25N3O2/c1-20-10-9-17-32-19-25(30-28(20)32)23-15-16-26(34-2)24(18-23)31-29(33)27(21-11-5-3-6-12-21)22-13-7-4-8-14-22/h3-19,27H,1-2H3,(H,31,33). The Morgan fingerprint density at radius 1 is 0.912 bits per heavy atom. The summed E-state index contributed by atoms with van der Waals surface area (Å²) in [6, 6.07) is 29.4. The molecule has 0 atom stereocenters. The van der Waals surface area contributed by atoms with Crippen LogP contribution < -0.4 is 10.1 Å². The Balaban J connectivity index is 1.52. The van der Waals surface area contributed by atoms with Gasteiger partial charge in [-0.3, -0.25) is 4.79 Å². The monoisotopic (exact) mass is 447 g/mol. The van der Waals surface area contributed by atoms with Crippen molar-refractivity contribution >= 4 is 17.2 Å². The highest BCUT2D eigenvalue weighted by Gasteiger charge is 2.24. The van der Waals surface area contributed by atoms with Gasteiger partial charge >= 0.3 is 0 Å². The number of nitrogens with zero attached hydrogens (tertiary/aromatic N) is 2. The zero-order chi connectivity index (χ0) is 23.5. The Morgan fingerprint density at radius 3 is 2.21 bits per heavy atom. The molecule has 0 fully saturated rings. The molecule has 2 heterocycles. The molecular weight excluding hydrogens is 422 g/mol. The molecule has 5 rings (SSSR count). The van der Waals surface area contributed by atoms with Gasteiger partial charge in [-0.25, -0.2) is 4.98 Å². The molecule has 1 N–H and O–H groups in total. The van der Waals surface area contributed by atoms with Crippen molar-refractivity contribution in [1.82, 2.24) is 9.38 Å². The number of anilines is 1. The molecule has 5 aromatic rings. The number of amides is 1. The predicted molar refractivity (Wildman–Crippen MR) is 135 cm³/mol. The molecule has 0 aliphatic rings. The number of imidazole rings is 1. The van der Waals surface area contributed by atoms with E-state index in [0.29, 0.717) is 11.4 Å². The van der Waals surface area contributed by atoms with Crippen molar-refractivity contribution in [1.29, 1.82) is 0 Å². The number of ether oxygens (including phenoxy) is 1. The maximum absolute atomic E-state index is 13.6. The molecule has 1 amide bonds. The van der Waals surface area contributed by atoms with Crippen LogP contribution in [0.1, 0.15) is 22.6 Å². The number of aromatic nitrogens is 2. The molecule has 3 aromatic carbocycles. The van der Waals surface area contributed by atoms with E-state index >= 15 is 0 Å². The van der Waals surface area contributed by atoms with Gasteiger partial charge in [0.1, 0.15) is 11.4 Å². The van der Waals surface area contributed by atoms with Gasteiger partial charge in [0.25, 0.3) is 0 Å². The number of fused-ring (bicyclic) bond motifs is 1. The maximum atomic E-state index is 13.6. The number of methoxy groups -OCH3 is 1. The van der Waals surface area contributed by atoms with Crippen molar-refractivity contribution < 1.29 is 9.53 Å². The highest BCUT2D eigenvalue weighted by atomic mass is 16.5. The molecule has 0 bridgehead atoms. The Kier molecular flexibility index (Phi) is 5.83. The van der Waals surface area contributed by atoms with E-state index in [-0.39, 0.29) is 5.91 Å². The smallest absolute Gasteiger partial charge is 0.236 e. The summed E-state index contributed by atoms with van der Waals surface area (Å²) in [6.45, 7) is 2.04. The third-order valence-corrected chi connectivity index (χ3v) is 5.96. The lowest BCUT2D eigenvalue weighted by Gasteiger charge is -2.19. The Bertz CT molecular complexity index is 1400. The molecule has 0 unspecified atom stereocenters. The quantitative estimate of drug-likeness (QED) is 0.343. The summed E-state index contributed by atoms with van der Waals surface area (Å²) in [4.78, 5) is 18.4. The van der Waals surface area contributed by atoms with Crippen LogP contribution in [0.5, 0.6) is 5.75 Å². The summed E-state index contributed by atoms with van der Waals surface area (Å²) in [7, 11) is 1.60. The van der Waals surface area contributed by atoms with E-state index in [0.717, 1.165) is 33.6 Å². The summed E-state index contributed by atoms with van der Waals surface area (Å²) in [6.07, 6.45) is 3.97. The van der Waals surface area contributed by atoms with Crippen LogP contribution in [-0.2, 0) is 4.79 Å². The van der Waals surface area contributed by atoms with E-state index in [1.807, 2.05) is 115 Å². The first-order valence-electron chi connectivity index (χ1n) is 11.2. The summed E-state index contributed by atoms with van der Waals surface area (Å²) in [5.74, 6) is 0.0178. The van der Waals surface area contributed by atoms with Crippen LogP contribution in [0.25, 0.3) is 16.9 Å². The van der Waals surface area contributed by atoms with Gasteiger partial charge in [-0.1, -0.05) is 66.7 Å². The molecule has 0 saturated heterocycles. The summed E-state index contributed by atoms with van der Waals surface area (Å²) < 4.78 is 7.57. The van der Waals surface area contributed by atoms with Gasteiger partial charge in [0.15, 0.2) is 0 Å². The Labute approximate surface area is 198 Å². The first-order valence-corrected chi connectivity index (χ1v) is 11.2. The predicted octanol–water partition coefficient (Wildman–Crippen LogP) is 6.09. The first kappa shape index (κ1) is 21.5. The van der Waals surface area contributed by atoms with Gasteiger partial charge < -0.3 is 14.5 Å². The van der Waals surface area contributed by atoms with Crippen molar-refractivity contribution in [3.05, 3.63) is 120 Å². The van der Waals surface area contributed by atoms with Crippen molar-refractivity contribution in [2.24, 2.45) is 0 Å². The zero-order valence-electron chi connectivity index (χ0n) is 19.1. The van der Waals surface area contributed by atoms with E-state index in [4.69, 9.17) is 9.72 Å². The number of aryl methyl sites for hydroxylation is 1. The average Bonchev–Trinajstić information content (AvgIpc) is 3.31. The van der Waals surface area contributed by atoms with Crippen molar-refractivity contribution in [3.8, 4) is 17.0 Å². The van der Waals surface area contributed by atoms with Gasteiger partial charge in [-0.05, 0) is 47.9 Å². The molecule has 5 heteroatoms. The minimum absolute atomic E-state index is 0.126. The number of pyridine rings is 1. The van der Waals surface area contributed by atoms with E-state index in [2.05, 4.69) is 5.32 Å². The second-order valence-corrected chi connectivity index (χ2v) is 8.21. The molecule has 5 nitrogen and oxygen atoms in total. The summed E-state index contributed by atoms with van der Waals surface area (Å²) >= 11 is 0. The minimum atomic E-state index is -0.450. The molecule has 0 spiro atoms. The van der Waals surface area contributed by atoms with Crippen LogP contribution in [0.2, 0.25) is 0 Å². The summed E-state index contributed by atoms with van der Waals surface area (Å²) in [5, 5.41) is 3.12. The highest BCUT2D eigenvalue weighted by Crippen LogP contribution is 2.33. The van der Waals surface area contributed by atoms with Gasteiger partial charge in [0.05, 0.1) is 24.4 Å². The Morgan fingerprint density at radius 2 is 1.59 bits per heavy atom. The molecule has 34 heavy (non-hydrogen) atoms. The molecule has 0 aliphatic carbocycles. The molecular formula is C29H25N3O2. The fourth-order valence-corrected chi connectivity index (χ4v) is 4.25. The second-order valence-electron chi connectivity index (χ2n) is 8.21. The number of carbonyl (C=O) groups is 1. The molecule has 2 aromatic heterocycles. The number of hydrogen-bond donors (Lipinski definition) is 1. The maximum Gasteiger partial charge on any atom is 0.236 e. The third-order valence-electron chi connectivity index (χ3n) is 5.96. The van der Waals surface area contributed by atoms with E-state index in [1.54, 1.807) is 7.11 Å². The van der Waals surface area contributed by atoms with Crippen LogP contribution in [0.4, 0.5) is 5.69 Å². The van der Waals surface area contributed by atoms with Crippen LogP contribution in [0.3, 0.4) is 0 Å². The van der Waals surface area contributed by atoms with Gasteiger partial charge in [-0.15, -0.1) is 0 Å². The van der Waals surface area contributed by atoms with Gasteiger partial charge in [-0.2, -0.15) is 0 Å². The fraction of sp³-hybridized carbons (Fsp3) is 0.103. The van der Waals surface area contributed by atoms with E-state index < -0.39 is 5.92 Å². The minimum Gasteiger partial charge on any atom is -0.495 e. The lowest BCUT2D eigenvalue weighted by Crippen LogP contribution is -2.22. The highest BCUT2D eigenvalue weighted by molar-refractivity contribution is 5.99. The van der Waals surface area contributed by atoms with Crippen LogP contribution in [-0.4, -0.2) is 22.4 Å². The second kappa shape index (κ2) is 9.24.